The maximum absolute atomic E-state index is 12.0. The van der Waals surface area contributed by atoms with Crippen molar-refractivity contribution in [3.8, 4) is 0 Å². The first-order chi connectivity index (χ1) is 11.9. The summed E-state index contributed by atoms with van der Waals surface area (Å²) in [7, 11) is 0. The van der Waals surface area contributed by atoms with E-state index in [0.29, 0.717) is 36.8 Å². The van der Waals surface area contributed by atoms with E-state index in [-0.39, 0.29) is 5.63 Å². The van der Waals surface area contributed by atoms with Crippen molar-refractivity contribution in [1.29, 1.82) is 0 Å². The monoisotopic (exact) mass is 343 g/mol. The van der Waals surface area contributed by atoms with Gasteiger partial charge in [0.05, 0.1) is 12.2 Å². The predicted octanol–water partition coefficient (Wildman–Crippen LogP) is 1.97. The van der Waals surface area contributed by atoms with Gasteiger partial charge in [-0.15, -0.1) is 0 Å². The van der Waals surface area contributed by atoms with Crippen LogP contribution in [-0.2, 0) is 6.54 Å². The van der Waals surface area contributed by atoms with Gasteiger partial charge in [-0.2, -0.15) is 0 Å². The van der Waals surface area contributed by atoms with Crippen molar-refractivity contribution in [1.82, 2.24) is 4.90 Å². The third-order valence-corrected chi connectivity index (χ3v) is 6.02. The van der Waals surface area contributed by atoms with Crippen LogP contribution in [0.3, 0.4) is 0 Å². The zero-order valence-corrected chi connectivity index (χ0v) is 14.7. The smallest absolute Gasteiger partial charge is 0.336 e. The lowest BCUT2D eigenvalue weighted by Crippen LogP contribution is -2.38. The SMILES string of the molecule is Cc1cc2oc(=O)cc(CN3C[C@H]4C[C@H](O)[C@H](O)C[C@H]4C3)c2cc1C. The van der Waals surface area contributed by atoms with E-state index in [0.717, 1.165) is 29.6 Å². The molecule has 5 nitrogen and oxygen atoms in total. The molecule has 2 fully saturated rings. The second-order valence-corrected chi connectivity index (χ2v) is 7.84. The standard InChI is InChI=1S/C20H25NO4/c1-11-3-16-15(7-20(24)25-19(16)4-12(11)2)10-21-8-13-5-17(22)18(23)6-14(13)9-21/h3-4,7,13-14,17-18,22-23H,5-6,8-10H2,1-2H3/t13-,14+,17+,18-. The molecule has 0 amide bonds. The molecule has 2 N–H and O–H groups in total. The van der Waals surface area contributed by atoms with Crippen molar-refractivity contribution in [3.63, 3.8) is 0 Å². The molecule has 134 valence electrons. The van der Waals surface area contributed by atoms with E-state index in [9.17, 15) is 15.0 Å². The molecule has 4 atom stereocenters. The second-order valence-electron chi connectivity index (χ2n) is 7.84. The Morgan fingerprint density at radius 2 is 1.64 bits per heavy atom. The van der Waals surface area contributed by atoms with Crippen molar-refractivity contribution >= 4 is 11.0 Å². The van der Waals surface area contributed by atoms with Gasteiger partial charge in [-0.3, -0.25) is 4.90 Å². The van der Waals surface area contributed by atoms with Gasteiger partial charge in [-0.25, -0.2) is 4.79 Å². The summed E-state index contributed by atoms with van der Waals surface area (Å²) in [6, 6.07) is 5.63. The fourth-order valence-electron chi connectivity index (χ4n) is 4.49. The molecule has 1 aliphatic heterocycles. The van der Waals surface area contributed by atoms with Crippen LogP contribution in [-0.4, -0.2) is 40.4 Å². The summed E-state index contributed by atoms with van der Waals surface area (Å²) in [5.74, 6) is 0.850. The number of benzene rings is 1. The number of hydrogen-bond donors (Lipinski definition) is 2. The maximum Gasteiger partial charge on any atom is 0.336 e. The van der Waals surface area contributed by atoms with Crippen molar-refractivity contribution in [2.75, 3.05) is 13.1 Å². The molecule has 0 spiro atoms. The highest BCUT2D eigenvalue weighted by atomic mass is 16.4. The molecule has 4 rings (SSSR count). The van der Waals surface area contributed by atoms with Crippen molar-refractivity contribution in [2.45, 2.75) is 45.4 Å². The van der Waals surface area contributed by atoms with Crippen molar-refractivity contribution < 1.29 is 14.6 Å². The Balaban J connectivity index is 1.61. The van der Waals surface area contributed by atoms with Gasteiger partial charge in [-0.05, 0) is 67.3 Å². The van der Waals surface area contributed by atoms with Crippen LogP contribution in [0.25, 0.3) is 11.0 Å². The number of fused-ring (bicyclic) bond motifs is 2. The topological polar surface area (TPSA) is 73.9 Å². The summed E-state index contributed by atoms with van der Waals surface area (Å²) < 4.78 is 5.39. The number of aryl methyl sites for hydroxylation is 2. The first kappa shape index (κ1) is 16.8. The minimum Gasteiger partial charge on any atom is -0.423 e. The number of rotatable bonds is 2. The Kier molecular flexibility index (Phi) is 4.18. The average molecular weight is 343 g/mol. The van der Waals surface area contributed by atoms with Crippen LogP contribution >= 0.6 is 0 Å². The van der Waals surface area contributed by atoms with E-state index in [1.54, 1.807) is 6.07 Å². The third kappa shape index (κ3) is 3.12. The summed E-state index contributed by atoms with van der Waals surface area (Å²) in [5, 5.41) is 20.8. The number of hydrogen-bond acceptors (Lipinski definition) is 5. The molecule has 0 bridgehead atoms. The highest BCUT2D eigenvalue weighted by Crippen LogP contribution is 2.37. The third-order valence-electron chi connectivity index (χ3n) is 6.02. The van der Waals surface area contributed by atoms with E-state index >= 15 is 0 Å². The highest BCUT2D eigenvalue weighted by molar-refractivity contribution is 5.81. The van der Waals surface area contributed by atoms with Gasteiger partial charge in [-0.1, -0.05) is 0 Å². The van der Waals surface area contributed by atoms with E-state index in [1.165, 1.54) is 5.56 Å². The summed E-state index contributed by atoms with van der Waals surface area (Å²) in [5.41, 5.74) is 3.63. The quantitative estimate of drug-likeness (QED) is 0.816. The Morgan fingerprint density at radius 3 is 2.28 bits per heavy atom. The van der Waals surface area contributed by atoms with Crippen LogP contribution in [0.5, 0.6) is 0 Å². The van der Waals surface area contributed by atoms with Crippen molar-refractivity contribution in [3.05, 3.63) is 45.3 Å². The zero-order chi connectivity index (χ0) is 17.7. The van der Waals surface area contributed by atoms with Gasteiger partial charge in [0.1, 0.15) is 5.58 Å². The molecule has 1 aromatic heterocycles. The van der Waals surface area contributed by atoms with Gasteiger partial charge in [0.15, 0.2) is 0 Å². The summed E-state index contributed by atoms with van der Waals surface area (Å²) in [4.78, 5) is 14.3. The Hall–Kier alpha value is -1.69. The van der Waals surface area contributed by atoms with Crippen LogP contribution in [0, 0.1) is 25.7 Å². The Morgan fingerprint density at radius 1 is 1.04 bits per heavy atom. The maximum atomic E-state index is 12.0. The summed E-state index contributed by atoms with van der Waals surface area (Å²) >= 11 is 0. The molecule has 2 heterocycles. The second kappa shape index (κ2) is 6.24. The van der Waals surface area contributed by atoms with Gasteiger partial charge in [0.2, 0.25) is 0 Å². The minimum absolute atomic E-state index is 0.312. The van der Waals surface area contributed by atoms with Crippen LogP contribution in [0.1, 0.15) is 29.5 Å². The highest BCUT2D eigenvalue weighted by Gasteiger charge is 2.41. The van der Waals surface area contributed by atoms with E-state index in [2.05, 4.69) is 17.9 Å². The van der Waals surface area contributed by atoms with E-state index < -0.39 is 12.2 Å². The molecule has 2 aliphatic rings. The van der Waals surface area contributed by atoms with Gasteiger partial charge < -0.3 is 14.6 Å². The van der Waals surface area contributed by atoms with E-state index in [1.807, 2.05) is 13.0 Å². The van der Waals surface area contributed by atoms with Gasteiger partial charge in [0.25, 0.3) is 0 Å². The lowest BCUT2D eigenvalue weighted by atomic mass is 9.79. The Bertz CT molecular complexity index is 841. The zero-order valence-electron chi connectivity index (χ0n) is 14.7. The molecule has 1 saturated carbocycles. The molecule has 5 heteroatoms. The van der Waals surface area contributed by atoms with Crippen molar-refractivity contribution in [2.24, 2.45) is 11.8 Å². The number of likely N-dealkylation sites (tertiary alicyclic amines) is 1. The number of aliphatic hydroxyl groups is 2. The molecular weight excluding hydrogens is 318 g/mol. The largest absolute Gasteiger partial charge is 0.423 e. The molecule has 1 aromatic carbocycles. The van der Waals surface area contributed by atoms with Gasteiger partial charge >= 0.3 is 5.63 Å². The average Bonchev–Trinajstić information content (AvgIpc) is 2.91. The lowest BCUT2D eigenvalue weighted by Gasteiger charge is -2.32. The number of aliphatic hydroxyl groups excluding tert-OH is 2. The van der Waals surface area contributed by atoms with Crippen LogP contribution < -0.4 is 5.63 Å². The number of nitrogens with zero attached hydrogens (tertiary/aromatic N) is 1. The first-order valence-electron chi connectivity index (χ1n) is 9.03. The van der Waals surface area contributed by atoms with Crippen LogP contribution in [0.2, 0.25) is 0 Å². The molecule has 25 heavy (non-hydrogen) atoms. The summed E-state index contributed by atoms with van der Waals surface area (Å²) in [6.45, 7) is 6.59. The predicted molar refractivity (Wildman–Crippen MR) is 95.5 cm³/mol. The summed E-state index contributed by atoms with van der Waals surface area (Å²) in [6.07, 6.45) is 0.129. The molecule has 0 radical (unpaired) electrons. The van der Waals surface area contributed by atoms with Crippen LogP contribution in [0.15, 0.2) is 27.4 Å². The first-order valence-corrected chi connectivity index (χ1v) is 9.03. The fraction of sp³-hybridized carbons (Fsp3) is 0.550. The van der Waals surface area contributed by atoms with Gasteiger partial charge in [0, 0.05) is 31.1 Å². The normalized spacial score (nSPS) is 29.9. The Labute approximate surface area is 146 Å². The molecular formula is C20H25NO4. The molecule has 1 saturated heterocycles. The molecule has 0 unspecified atom stereocenters. The lowest BCUT2D eigenvalue weighted by molar-refractivity contribution is -0.0372. The fourth-order valence-corrected chi connectivity index (χ4v) is 4.49. The minimum atomic E-state index is -0.601. The van der Waals surface area contributed by atoms with E-state index in [4.69, 9.17) is 4.42 Å². The van der Waals surface area contributed by atoms with Crippen LogP contribution in [0.4, 0.5) is 0 Å². The molecule has 2 aromatic rings. The molecule has 1 aliphatic carbocycles.